The first-order valence-corrected chi connectivity index (χ1v) is 5.94. The third kappa shape index (κ3) is 1.71. The van der Waals surface area contributed by atoms with Crippen LogP contribution >= 0.6 is 0 Å². The molecule has 0 fully saturated rings. The SMILES string of the molecule is Cc1cccc(-c2c(O)n3ncc(C)c3[nH]c2=O)c1. The maximum absolute atomic E-state index is 12.2. The van der Waals surface area contributed by atoms with E-state index in [0.29, 0.717) is 11.2 Å². The van der Waals surface area contributed by atoms with E-state index in [1.54, 1.807) is 12.3 Å². The topological polar surface area (TPSA) is 70.4 Å². The van der Waals surface area contributed by atoms with Crippen molar-refractivity contribution in [2.24, 2.45) is 0 Å². The number of nitrogens with one attached hydrogen (secondary N) is 1. The molecule has 0 aliphatic heterocycles. The fraction of sp³-hybridized carbons (Fsp3) is 0.143. The molecule has 0 spiro atoms. The van der Waals surface area contributed by atoms with E-state index in [4.69, 9.17) is 0 Å². The number of nitrogens with zero attached hydrogens (tertiary/aromatic N) is 2. The summed E-state index contributed by atoms with van der Waals surface area (Å²) < 4.78 is 1.34. The van der Waals surface area contributed by atoms with Crippen LogP contribution in [-0.4, -0.2) is 19.7 Å². The fourth-order valence-electron chi connectivity index (χ4n) is 2.18. The van der Waals surface area contributed by atoms with E-state index in [0.717, 1.165) is 11.1 Å². The third-order valence-electron chi connectivity index (χ3n) is 3.14. The molecule has 0 atom stereocenters. The molecule has 0 unspecified atom stereocenters. The molecule has 0 bridgehead atoms. The minimum Gasteiger partial charge on any atom is -0.493 e. The van der Waals surface area contributed by atoms with Gasteiger partial charge in [0.05, 0.1) is 6.20 Å². The van der Waals surface area contributed by atoms with Gasteiger partial charge in [0.25, 0.3) is 5.56 Å². The summed E-state index contributed by atoms with van der Waals surface area (Å²) in [5, 5.41) is 14.3. The Balaban J connectivity index is 2.39. The van der Waals surface area contributed by atoms with Crippen LogP contribution in [-0.2, 0) is 0 Å². The molecule has 5 heteroatoms. The lowest BCUT2D eigenvalue weighted by Gasteiger charge is -2.06. The molecule has 0 amide bonds. The highest BCUT2D eigenvalue weighted by atomic mass is 16.3. The lowest BCUT2D eigenvalue weighted by Crippen LogP contribution is -2.12. The molecule has 0 saturated heterocycles. The third-order valence-corrected chi connectivity index (χ3v) is 3.14. The molecule has 0 aliphatic rings. The predicted molar refractivity (Wildman–Crippen MR) is 72.4 cm³/mol. The van der Waals surface area contributed by atoms with Gasteiger partial charge in [-0.05, 0) is 19.4 Å². The van der Waals surface area contributed by atoms with Gasteiger partial charge in [-0.15, -0.1) is 0 Å². The molecule has 1 aromatic carbocycles. The maximum atomic E-state index is 12.2. The summed E-state index contributed by atoms with van der Waals surface area (Å²) >= 11 is 0. The molecule has 0 aliphatic carbocycles. The summed E-state index contributed by atoms with van der Waals surface area (Å²) in [6.07, 6.45) is 1.60. The number of aromatic hydroxyl groups is 1. The minimum atomic E-state index is -0.320. The number of aromatic amines is 1. The molecular formula is C14H13N3O2. The number of hydrogen-bond acceptors (Lipinski definition) is 3. The lowest BCUT2D eigenvalue weighted by atomic mass is 10.1. The standard InChI is InChI=1S/C14H13N3O2/c1-8-4-3-5-10(6-8)11-13(18)16-12-9(2)7-15-17(12)14(11)19/h3-7,19H,1-2H3,(H,16,18). The molecule has 19 heavy (non-hydrogen) atoms. The van der Waals surface area contributed by atoms with Crippen molar-refractivity contribution in [1.29, 1.82) is 0 Å². The van der Waals surface area contributed by atoms with E-state index in [1.165, 1.54) is 4.52 Å². The van der Waals surface area contributed by atoms with E-state index in [9.17, 15) is 9.90 Å². The van der Waals surface area contributed by atoms with E-state index < -0.39 is 0 Å². The Morgan fingerprint density at radius 1 is 1.32 bits per heavy atom. The Hall–Kier alpha value is -2.56. The summed E-state index contributed by atoms with van der Waals surface area (Å²) in [6.45, 7) is 3.76. The van der Waals surface area contributed by atoms with E-state index >= 15 is 0 Å². The monoisotopic (exact) mass is 255 g/mol. The van der Waals surface area contributed by atoms with E-state index in [-0.39, 0.29) is 17.0 Å². The van der Waals surface area contributed by atoms with Gasteiger partial charge in [-0.2, -0.15) is 9.61 Å². The molecule has 3 rings (SSSR count). The summed E-state index contributed by atoms with van der Waals surface area (Å²) in [5.74, 6) is -0.141. The first kappa shape index (κ1) is 11.5. The van der Waals surface area contributed by atoms with E-state index in [2.05, 4.69) is 10.1 Å². The second-order valence-corrected chi connectivity index (χ2v) is 4.61. The van der Waals surface area contributed by atoms with Crippen LogP contribution in [0.25, 0.3) is 16.8 Å². The van der Waals surface area contributed by atoms with Gasteiger partial charge in [0, 0.05) is 5.56 Å². The highest BCUT2D eigenvalue weighted by molar-refractivity contribution is 5.70. The zero-order valence-corrected chi connectivity index (χ0v) is 10.6. The Morgan fingerprint density at radius 3 is 2.84 bits per heavy atom. The summed E-state index contributed by atoms with van der Waals surface area (Å²) in [7, 11) is 0. The molecular weight excluding hydrogens is 242 g/mol. The van der Waals surface area contributed by atoms with Crippen LogP contribution in [0.5, 0.6) is 5.88 Å². The quantitative estimate of drug-likeness (QED) is 0.698. The van der Waals surface area contributed by atoms with Crippen LogP contribution in [0.15, 0.2) is 35.3 Å². The largest absolute Gasteiger partial charge is 0.493 e. The minimum absolute atomic E-state index is 0.141. The van der Waals surface area contributed by atoms with Crippen LogP contribution in [0, 0.1) is 13.8 Å². The number of hydrogen-bond donors (Lipinski definition) is 2. The van der Waals surface area contributed by atoms with Gasteiger partial charge < -0.3 is 10.1 Å². The number of fused-ring (bicyclic) bond motifs is 1. The molecule has 0 radical (unpaired) electrons. The molecule has 2 N–H and O–H groups in total. The van der Waals surface area contributed by atoms with Crippen LogP contribution in [0.1, 0.15) is 11.1 Å². The first-order chi connectivity index (χ1) is 9.08. The average Bonchev–Trinajstić information content (AvgIpc) is 2.72. The number of H-pyrrole nitrogens is 1. The zero-order chi connectivity index (χ0) is 13.6. The zero-order valence-electron chi connectivity index (χ0n) is 10.6. The number of rotatable bonds is 1. The maximum Gasteiger partial charge on any atom is 0.262 e. The molecule has 96 valence electrons. The Bertz CT molecular complexity index is 830. The van der Waals surface area contributed by atoms with Gasteiger partial charge in [-0.3, -0.25) is 4.79 Å². The number of benzene rings is 1. The van der Waals surface area contributed by atoms with Gasteiger partial charge >= 0.3 is 0 Å². The van der Waals surface area contributed by atoms with E-state index in [1.807, 2.05) is 32.0 Å². The molecule has 0 saturated carbocycles. The summed E-state index contributed by atoms with van der Waals surface area (Å²) in [4.78, 5) is 14.9. The van der Waals surface area contributed by atoms with Crippen LogP contribution in [0.4, 0.5) is 0 Å². The van der Waals surface area contributed by atoms with Crippen LogP contribution in [0.2, 0.25) is 0 Å². The second-order valence-electron chi connectivity index (χ2n) is 4.61. The number of aryl methyl sites for hydroxylation is 2. The van der Waals surface area contributed by atoms with Crippen molar-refractivity contribution in [3.05, 3.63) is 51.9 Å². The fourth-order valence-corrected chi connectivity index (χ4v) is 2.18. The normalized spacial score (nSPS) is 11.1. The highest BCUT2D eigenvalue weighted by Gasteiger charge is 2.15. The van der Waals surface area contributed by atoms with Crippen molar-refractivity contribution in [2.75, 3.05) is 0 Å². The van der Waals surface area contributed by atoms with Crippen LogP contribution < -0.4 is 5.56 Å². The van der Waals surface area contributed by atoms with Crippen molar-refractivity contribution in [2.45, 2.75) is 13.8 Å². The molecule has 2 aromatic heterocycles. The van der Waals surface area contributed by atoms with Crippen LogP contribution in [0.3, 0.4) is 0 Å². The smallest absolute Gasteiger partial charge is 0.262 e. The Labute approximate surface area is 109 Å². The highest BCUT2D eigenvalue weighted by Crippen LogP contribution is 2.26. The first-order valence-electron chi connectivity index (χ1n) is 5.94. The van der Waals surface area contributed by atoms with Gasteiger partial charge in [-0.1, -0.05) is 29.8 Å². The Kier molecular flexibility index (Phi) is 2.41. The predicted octanol–water partition coefficient (Wildman–Crippen LogP) is 2.01. The van der Waals surface area contributed by atoms with Gasteiger partial charge in [0.1, 0.15) is 11.2 Å². The summed E-state index contributed by atoms with van der Waals surface area (Å²) in [5.41, 5.74) is 2.93. The molecule has 2 heterocycles. The van der Waals surface area contributed by atoms with Gasteiger partial charge in [0.2, 0.25) is 5.88 Å². The van der Waals surface area contributed by atoms with Crippen molar-refractivity contribution in [3.8, 4) is 17.0 Å². The van der Waals surface area contributed by atoms with Crippen molar-refractivity contribution < 1.29 is 5.11 Å². The molecule has 3 aromatic rings. The van der Waals surface area contributed by atoms with Crippen molar-refractivity contribution in [1.82, 2.24) is 14.6 Å². The van der Waals surface area contributed by atoms with Crippen molar-refractivity contribution in [3.63, 3.8) is 0 Å². The average molecular weight is 255 g/mol. The lowest BCUT2D eigenvalue weighted by molar-refractivity contribution is 0.437. The van der Waals surface area contributed by atoms with Crippen molar-refractivity contribution >= 4 is 5.65 Å². The van der Waals surface area contributed by atoms with Gasteiger partial charge in [-0.25, -0.2) is 0 Å². The Morgan fingerprint density at radius 2 is 2.11 bits per heavy atom. The van der Waals surface area contributed by atoms with Gasteiger partial charge in [0.15, 0.2) is 0 Å². The number of aromatic nitrogens is 3. The molecule has 5 nitrogen and oxygen atoms in total. The second kappa shape index (κ2) is 3.98. The summed E-state index contributed by atoms with van der Waals surface area (Å²) in [6, 6.07) is 7.43.